The Hall–Kier alpha value is -5.16. The number of ether oxygens (including phenoxy) is 1. The Balaban J connectivity index is 1.36. The van der Waals surface area contributed by atoms with Crippen LogP contribution in [-0.4, -0.2) is 19.3 Å². The van der Waals surface area contributed by atoms with Crippen LogP contribution >= 0.6 is 0 Å². The minimum absolute atomic E-state index is 0.0639. The van der Waals surface area contributed by atoms with E-state index in [1.807, 2.05) is 60.1 Å². The molecule has 0 radical (unpaired) electrons. The van der Waals surface area contributed by atoms with E-state index in [9.17, 15) is 0 Å². The van der Waals surface area contributed by atoms with Crippen molar-refractivity contribution in [2.75, 3.05) is 0 Å². The molecule has 0 aliphatic carbocycles. The molecule has 0 atom stereocenters. The zero-order valence-corrected chi connectivity index (χ0v) is 27.2. The minimum atomic E-state index is -2.21. The van der Waals surface area contributed by atoms with Crippen LogP contribution in [0.4, 0.5) is 0 Å². The largest absolute Gasteiger partial charge is 0.457 e. The van der Waals surface area contributed by atoms with E-state index < -0.39 is 6.85 Å². The van der Waals surface area contributed by atoms with Crippen molar-refractivity contribution in [3.8, 4) is 34.1 Å². The van der Waals surface area contributed by atoms with E-state index in [0.717, 1.165) is 73.4 Å². The summed E-state index contributed by atoms with van der Waals surface area (Å²) in [4.78, 5) is 4.70. The lowest BCUT2D eigenvalue weighted by Crippen LogP contribution is -2.10. The summed E-state index contributed by atoms with van der Waals surface area (Å²) >= 11 is 0. The first-order valence-electron chi connectivity index (χ1n) is 17.2. The smallest absolute Gasteiger partial charge is 0.137 e. The summed E-state index contributed by atoms with van der Waals surface area (Å²) in [6.07, 6.45) is 2.66. The summed E-state index contributed by atoms with van der Waals surface area (Å²) in [5, 5.41) is 6.77. The standard InChI is InChI=1S/C41H40N4O/c1-26-13-16-37-36(19-26)35-15-14-33(24-38(35)44(37)39-20-27(2)17-18-42-39)46-34-22-30(25-41(5,6)7)21-32(23-34)45-29(4)40(28(3)43-45)31-11-9-8-10-12-31/h8-24H,25H2,1-7H3/i1D3. The van der Waals surface area contributed by atoms with Gasteiger partial charge in [0, 0.05) is 44.5 Å². The van der Waals surface area contributed by atoms with Crippen molar-refractivity contribution >= 4 is 21.8 Å². The van der Waals surface area contributed by atoms with Crippen LogP contribution in [0.2, 0.25) is 0 Å². The molecule has 46 heavy (non-hydrogen) atoms. The van der Waals surface area contributed by atoms with E-state index in [-0.39, 0.29) is 5.41 Å². The zero-order valence-electron chi connectivity index (χ0n) is 30.2. The lowest BCUT2D eigenvalue weighted by Gasteiger charge is -2.20. The maximum Gasteiger partial charge on any atom is 0.137 e. The van der Waals surface area contributed by atoms with Gasteiger partial charge in [-0.2, -0.15) is 5.10 Å². The fourth-order valence-corrected chi connectivity index (χ4v) is 6.55. The molecule has 0 spiro atoms. The second-order valence-corrected chi connectivity index (χ2v) is 13.4. The molecule has 0 unspecified atom stereocenters. The highest BCUT2D eigenvalue weighted by Gasteiger charge is 2.19. The van der Waals surface area contributed by atoms with Gasteiger partial charge in [-0.15, -0.1) is 0 Å². The summed E-state index contributed by atoms with van der Waals surface area (Å²) < 4.78 is 34.9. The third-order valence-corrected chi connectivity index (χ3v) is 8.39. The van der Waals surface area contributed by atoms with E-state index in [0.29, 0.717) is 17.1 Å². The quantitative estimate of drug-likeness (QED) is 0.189. The lowest BCUT2D eigenvalue weighted by molar-refractivity contribution is 0.409. The Kier molecular flexibility index (Phi) is 6.43. The maximum atomic E-state index is 8.02. The maximum absolute atomic E-state index is 8.02. The number of benzene rings is 4. The number of aryl methyl sites for hydroxylation is 3. The Labute approximate surface area is 275 Å². The van der Waals surface area contributed by atoms with Crippen molar-refractivity contribution < 1.29 is 8.85 Å². The zero-order chi connectivity index (χ0) is 34.7. The summed E-state index contributed by atoms with van der Waals surface area (Å²) in [7, 11) is 0. The van der Waals surface area contributed by atoms with Gasteiger partial charge in [-0.05, 0) is 105 Å². The molecular formula is C41H40N4O. The van der Waals surface area contributed by atoms with E-state index in [2.05, 4.69) is 75.6 Å². The molecule has 0 saturated heterocycles. The molecule has 230 valence electrons. The van der Waals surface area contributed by atoms with E-state index in [1.54, 1.807) is 18.3 Å². The fraction of sp³-hybridized carbons (Fsp3) is 0.220. The molecule has 3 aromatic heterocycles. The van der Waals surface area contributed by atoms with Crippen LogP contribution in [0.3, 0.4) is 0 Å². The number of fused-ring (bicyclic) bond motifs is 3. The third-order valence-electron chi connectivity index (χ3n) is 8.39. The topological polar surface area (TPSA) is 44.9 Å². The molecule has 7 aromatic rings. The average molecular weight is 608 g/mol. The SMILES string of the molecule is [2H]C([2H])([2H])c1ccc2c(c1)c1ccc(Oc3cc(CC(C)(C)C)cc(-n4nc(C)c(-c5ccccc5)c4C)c3)cc1n2-c1cc(C)ccn1. The van der Waals surface area contributed by atoms with Crippen molar-refractivity contribution in [2.45, 2.75) is 54.8 Å². The Morgan fingerprint density at radius 2 is 1.59 bits per heavy atom. The minimum Gasteiger partial charge on any atom is -0.457 e. The number of rotatable bonds is 6. The first-order valence-corrected chi connectivity index (χ1v) is 15.7. The molecule has 3 heterocycles. The van der Waals surface area contributed by atoms with Gasteiger partial charge in [0.05, 0.1) is 22.4 Å². The molecule has 0 bridgehead atoms. The molecular weight excluding hydrogens is 564 g/mol. The summed E-state index contributed by atoms with van der Waals surface area (Å²) in [6, 6.07) is 32.1. The Bertz CT molecular complexity index is 2340. The summed E-state index contributed by atoms with van der Waals surface area (Å²) in [6.45, 7) is 10.7. The second-order valence-electron chi connectivity index (χ2n) is 13.4. The molecule has 4 aromatic carbocycles. The van der Waals surface area contributed by atoms with Crippen molar-refractivity contribution in [2.24, 2.45) is 5.41 Å². The first kappa shape index (κ1) is 26.1. The van der Waals surface area contributed by atoms with Gasteiger partial charge in [0.25, 0.3) is 0 Å². The van der Waals surface area contributed by atoms with Crippen LogP contribution in [0.1, 0.15) is 53.0 Å². The van der Waals surface area contributed by atoms with Crippen LogP contribution in [0.5, 0.6) is 11.5 Å². The van der Waals surface area contributed by atoms with Gasteiger partial charge in [0.2, 0.25) is 0 Å². The van der Waals surface area contributed by atoms with Gasteiger partial charge in [-0.25, -0.2) is 9.67 Å². The van der Waals surface area contributed by atoms with Gasteiger partial charge in [0.1, 0.15) is 17.3 Å². The number of hydrogen-bond acceptors (Lipinski definition) is 3. The van der Waals surface area contributed by atoms with Crippen LogP contribution in [0.25, 0.3) is 44.4 Å². The molecule has 5 heteroatoms. The van der Waals surface area contributed by atoms with E-state index >= 15 is 0 Å². The Morgan fingerprint density at radius 3 is 2.35 bits per heavy atom. The van der Waals surface area contributed by atoms with Crippen molar-refractivity contribution in [3.05, 3.63) is 131 Å². The van der Waals surface area contributed by atoms with E-state index in [1.165, 1.54) is 0 Å². The van der Waals surface area contributed by atoms with Crippen LogP contribution in [0.15, 0.2) is 103 Å². The summed E-state index contributed by atoms with van der Waals surface area (Å²) in [5.74, 6) is 2.13. The predicted octanol–water partition coefficient (Wildman–Crippen LogP) is 10.6. The highest BCUT2D eigenvalue weighted by molar-refractivity contribution is 6.09. The van der Waals surface area contributed by atoms with Gasteiger partial charge in [0.15, 0.2) is 0 Å². The van der Waals surface area contributed by atoms with E-state index in [4.69, 9.17) is 18.9 Å². The van der Waals surface area contributed by atoms with Gasteiger partial charge in [-0.3, -0.25) is 4.57 Å². The highest BCUT2D eigenvalue weighted by Crippen LogP contribution is 2.37. The molecule has 5 nitrogen and oxygen atoms in total. The van der Waals surface area contributed by atoms with Gasteiger partial charge in [-0.1, -0.05) is 62.7 Å². The predicted molar refractivity (Wildman–Crippen MR) is 190 cm³/mol. The number of aromatic nitrogens is 4. The van der Waals surface area contributed by atoms with Crippen molar-refractivity contribution in [1.29, 1.82) is 0 Å². The van der Waals surface area contributed by atoms with Gasteiger partial charge >= 0.3 is 0 Å². The monoisotopic (exact) mass is 607 g/mol. The highest BCUT2D eigenvalue weighted by atomic mass is 16.5. The third kappa shape index (κ3) is 5.58. The van der Waals surface area contributed by atoms with Crippen LogP contribution < -0.4 is 4.74 Å². The molecule has 0 saturated carbocycles. The van der Waals surface area contributed by atoms with Gasteiger partial charge < -0.3 is 4.74 Å². The summed E-state index contributed by atoms with van der Waals surface area (Å²) in [5.41, 5.74) is 9.62. The molecule has 0 aliphatic heterocycles. The van der Waals surface area contributed by atoms with Crippen LogP contribution in [-0.2, 0) is 6.42 Å². The average Bonchev–Trinajstić information content (AvgIpc) is 3.52. The molecule has 0 N–H and O–H groups in total. The molecule has 0 amide bonds. The number of nitrogens with zero attached hydrogens (tertiary/aromatic N) is 4. The van der Waals surface area contributed by atoms with Crippen molar-refractivity contribution in [1.82, 2.24) is 19.3 Å². The normalized spacial score (nSPS) is 13.1. The lowest BCUT2D eigenvalue weighted by atomic mass is 9.88. The molecule has 7 rings (SSSR count). The Morgan fingerprint density at radius 1 is 0.761 bits per heavy atom. The second kappa shape index (κ2) is 11.3. The van der Waals surface area contributed by atoms with Crippen LogP contribution in [0, 0.1) is 33.0 Å². The fourth-order valence-electron chi connectivity index (χ4n) is 6.55. The first-order chi connectivity index (χ1) is 23.2. The number of pyridine rings is 1. The number of hydrogen-bond donors (Lipinski definition) is 0. The molecule has 0 fully saturated rings. The van der Waals surface area contributed by atoms with Crippen molar-refractivity contribution in [3.63, 3.8) is 0 Å². The molecule has 0 aliphatic rings.